The number of allylic oxidation sites excluding steroid dienone is 2. The highest BCUT2D eigenvalue weighted by Crippen LogP contribution is 2.53. The van der Waals surface area contributed by atoms with Crippen molar-refractivity contribution in [3.8, 4) is 0 Å². The van der Waals surface area contributed by atoms with Crippen LogP contribution in [0.1, 0.15) is 74.9 Å². The lowest BCUT2D eigenvalue weighted by molar-refractivity contribution is 0.0597. The topological polar surface area (TPSA) is 13.0 Å². The molecule has 0 aliphatic carbocycles. The molecule has 2 aromatic carbocycles. The van der Waals surface area contributed by atoms with Gasteiger partial charge >= 0.3 is 0 Å². The summed E-state index contributed by atoms with van der Waals surface area (Å²) in [7, 11) is 0. The third-order valence-corrected chi connectivity index (χ3v) is 8.08. The van der Waals surface area contributed by atoms with Crippen molar-refractivity contribution in [2.75, 3.05) is 23.1 Å². The van der Waals surface area contributed by atoms with Crippen LogP contribution in [0.2, 0.25) is 0 Å². The van der Waals surface area contributed by atoms with Gasteiger partial charge in [0.1, 0.15) is 13.3 Å². The Morgan fingerprint density at radius 3 is 1.05 bits per heavy atom. The van der Waals surface area contributed by atoms with Crippen molar-refractivity contribution in [2.24, 2.45) is 10.8 Å². The van der Waals surface area contributed by atoms with E-state index in [1.807, 2.05) is 0 Å². The van der Waals surface area contributed by atoms with E-state index in [2.05, 4.69) is 140 Å². The highest BCUT2D eigenvalue weighted by atomic mass is 15.7. The van der Waals surface area contributed by atoms with Gasteiger partial charge in [-0.25, -0.2) is 0 Å². The van der Waals surface area contributed by atoms with Gasteiger partial charge in [0, 0.05) is 23.8 Å². The largest absolute Gasteiger partial charge is 0.325 e. The van der Waals surface area contributed by atoms with Gasteiger partial charge in [-0.1, -0.05) is 76.9 Å². The van der Waals surface area contributed by atoms with Crippen molar-refractivity contribution in [1.82, 2.24) is 10.0 Å². The summed E-state index contributed by atoms with van der Waals surface area (Å²) >= 11 is 0. The summed E-state index contributed by atoms with van der Waals surface area (Å²) in [6.45, 7) is 29.2. The number of nitrogens with zero attached hydrogens (tertiary/aromatic N) is 4. The molecule has 0 unspecified atom stereocenters. The lowest BCUT2D eigenvalue weighted by Gasteiger charge is -2.47. The molecule has 0 aromatic heterocycles. The summed E-state index contributed by atoms with van der Waals surface area (Å²) in [5, 5.41) is 5.05. The second kappa shape index (κ2) is 8.69. The second-order valence-corrected chi connectivity index (χ2v) is 13.8. The Morgan fingerprint density at radius 2 is 0.789 bits per heavy atom. The van der Waals surface area contributed by atoms with Crippen molar-refractivity contribution < 1.29 is 0 Å². The van der Waals surface area contributed by atoms with Crippen LogP contribution < -0.4 is 9.80 Å². The maximum Gasteiger partial charge on any atom is 0.115 e. The molecule has 0 saturated carbocycles. The van der Waals surface area contributed by atoms with E-state index in [4.69, 9.17) is 0 Å². The van der Waals surface area contributed by atoms with Gasteiger partial charge in [0.2, 0.25) is 0 Å². The zero-order valence-electron chi connectivity index (χ0n) is 25.7. The number of benzene rings is 2. The van der Waals surface area contributed by atoms with Gasteiger partial charge in [0.25, 0.3) is 0 Å². The van der Waals surface area contributed by atoms with E-state index in [1.54, 1.807) is 0 Å². The molecule has 4 heteroatoms. The van der Waals surface area contributed by atoms with E-state index in [9.17, 15) is 0 Å². The number of fused-ring (bicyclic) bond motifs is 3. The summed E-state index contributed by atoms with van der Waals surface area (Å²) in [6, 6.07) is 9.24. The molecular formula is C34H46N4. The molecule has 2 aromatic rings. The molecule has 0 saturated heterocycles. The maximum atomic E-state index is 2.53. The first kappa shape index (κ1) is 26.5. The molecule has 38 heavy (non-hydrogen) atoms. The quantitative estimate of drug-likeness (QED) is 0.402. The van der Waals surface area contributed by atoms with Crippen LogP contribution in [-0.2, 0) is 0 Å². The predicted molar refractivity (Wildman–Crippen MR) is 162 cm³/mol. The highest BCUT2D eigenvalue weighted by molar-refractivity contribution is 5.68. The lowest BCUT2D eigenvalue weighted by Crippen LogP contribution is -2.48. The fourth-order valence-corrected chi connectivity index (χ4v) is 7.05. The molecule has 3 heterocycles. The van der Waals surface area contributed by atoms with Gasteiger partial charge in [-0.3, -0.25) is 10.0 Å². The van der Waals surface area contributed by atoms with E-state index in [-0.39, 0.29) is 10.8 Å². The van der Waals surface area contributed by atoms with E-state index in [0.717, 1.165) is 13.3 Å². The molecule has 0 amide bonds. The maximum absolute atomic E-state index is 2.53. The SMILES string of the molecule is Cc1cc(C)c(N2C=C3C(C(C)(C)C)=C(C(C)(C)C)C4=CN(c5c(C)cc(C)cc5C)CN4N3C2)c(C)c1. The number of hydrazine groups is 1. The minimum atomic E-state index is -0.00385. The number of hydrogen-bond donors (Lipinski definition) is 0. The van der Waals surface area contributed by atoms with Crippen molar-refractivity contribution in [1.29, 1.82) is 0 Å². The Kier molecular flexibility index (Phi) is 6.05. The monoisotopic (exact) mass is 510 g/mol. The van der Waals surface area contributed by atoms with Crippen molar-refractivity contribution in [3.63, 3.8) is 0 Å². The van der Waals surface area contributed by atoms with Gasteiger partial charge in [0.15, 0.2) is 0 Å². The lowest BCUT2D eigenvalue weighted by atomic mass is 9.72. The molecule has 202 valence electrons. The van der Waals surface area contributed by atoms with Crippen LogP contribution in [-0.4, -0.2) is 23.4 Å². The van der Waals surface area contributed by atoms with Crippen molar-refractivity contribution in [3.05, 3.63) is 92.6 Å². The van der Waals surface area contributed by atoms with E-state index in [0.29, 0.717) is 0 Å². The van der Waals surface area contributed by atoms with Gasteiger partial charge in [0.05, 0.1) is 11.4 Å². The van der Waals surface area contributed by atoms with Crippen molar-refractivity contribution >= 4 is 11.4 Å². The number of anilines is 2. The Labute approximate surface area is 230 Å². The fraction of sp³-hybridized carbons (Fsp3) is 0.471. The summed E-state index contributed by atoms with van der Waals surface area (Å²) < 4.78 is 0. The average Bonchev–Trinajstić information content (AvgIpc) is 3.33. The third kappa shape index (κ3) is 4.22. The van der Waals surface area contributed by atoms with E-state index in [1.165, 1.54) is 67.3 Å². The summed E-state index contributed by atoms with van der Waals surface area (Å²) in [5.41, 5.74) is 16.2. The Bertz CT molecular complexity index is 1250. The van der Waals surface area contributed by atoms with Gasteiger partial charge < -0.3 is 9.80 Å². The number of hydrogen-bond acceptors (Lipinski definition) is 4. The molecular weight excluding hydrogens is 464 g/mol. The summed E-state index contributed by atoms with van der Waals surface area (Å²) in [5.74, 6) is 0. The van der Waals surface area contributed by atoms with E-state index >= 15 is 0 Å². The molecule has 0 fully saturated rings. The number of aryl methyl sites for hydroxylation is 6. The Hall–Kier alpha value is -3.14. The summed E-state index contributed by atoms with van der Waals surface area (Å²) in [6.07, 6.45) is 4.83. The fourth-order valence-electron chi connectivity index (χ4n) is 7.05. The second-order valence-electron chi connectivity index (χ2n) is 13.8. The first-order valence-electron chi connectivity index (χ1n) is 14.0. The molecule has 0 spiro atoms. The summed E-state index contributed by atoms with van der Waals surface area (Å²) in [4.78, 5) is 4.94. The standard InChI is InChI=1S/C34H46N4/c1-21-13-23(3)31(24(4)14-21)35-17-27-29(33(7,8)9)30(34(10,11)12)28-18-36(20-38(28)37(27)19-35)32-25(5)15-22(2)16-26(32)6/h13-18H,19-20H2,1-12H3. The van der Waals surface area contributed by atoms with Crippen LogP contribution in [0.15, 0.2) is 59.2 Å². The highest BCUT2D eigenvalue weighted by Gasteiger charge is 2.47. The van der Waals surface area contributed by atoms with Crippen LogP contribution in [0.3, 0.4) is 0 Å². The molecule has 3 aliphatic rings. The molecule has 0 bridgehead atoms. The molecule has 3 aliphatic heterocycles. The first-order valence-corrected chi connectivity index (χ1v) is 14.0. The van der Waals surface area contributed by atoms with Crippen LogP contribution in [0.25, 0.3) is 0 Å². The molecule has 5 rings (SSSR count). The molecule has 0 radical (unpaired) electrons. The van der Waals surface area contributed by atoms with Crippen molar-refractivity contribution in [2.45, 2.75) is 83.1 Å². The smallest absolute Gasteiger partial charge is 0.115 e. The predicted octanol–water partition coefficient (Wildman–Crippen LogP) is 8.40. The van der Waals surface area contributed by atoms with Gasteiger partial charge in [-0.2, -0.15) is 0 Å². The zero-order valence-corrected chi connectivity index (χ0v) is 25.7. The molecule has 4 nitrogen and oxygen atoms in total. The van der Waals surface area contributed by atoms with Crippen LogP contribution in [0, 0.1) is 52.4 Å². The van der Waals surface area contributed by atoms with Gasteiger partial charge in [-0.05, 0) is 85.8 Å². The Morgan fingerprint density at radius 1 is 0.500 bits per heavy atom. The molecule has 0 N–H and O–H groups in total. The van der Waals surface area contributed by atoms with Crippen LogP contribution in [0.4, 0.5) is 11.4 Å². The van der Waals surface area contributed by atoms with E-state index < -0.39 is 0 Å². The van der Waals surface area contributed by atoms with Gasteiger partial charge in [-0.15, -0.1) is 0 Å². The number of rotatable bonds is 2. The molecule has 0 atom stereocenters. The first-order chi connectivity index (χ1) is 17.6. The Balaban J connectivity index is 1.71. The minimum absolute atomic E-state index is 0.00385. The van der Waals surface area contributed by atoms with Crippen LogP contribution >= 0.6 is 0 Å². The normalized spacial score (nSPS) is 17.8. The van der Waals surface area contributed by atoms with Crippen LogP contribution in [0.5, 0.6) is 0 Å². The third-order valence-electron chi connectivity index (χ3n) is 8.08. The zero-order chi connectivity index (χ0) is 27.9. The minimum Gasteiger partial charge on any atom is -0.325 e. The average molecular weight is 511 g/mol.